The normalized spacial score (nSPS) is 10.7. The van der Waals surface area contributed by atoms with Crippen LogP contribution in [-0.2, 0) is 14.3 Å². The van der Waals surface area contributed by atoms with Crippen molar-refractivity contribution < 1.29 is 19.1 Å². The standard InChI is InChI=1S/C13H17N3O4/c1-4-20-13(18)9(2)15-16-10-5-6-12(19-3)11(7-10)14-8-17/h5-8,16H,4H2,1-3H3,(H,14,17)/b15-9+. The van der Waals surface area contributed by atoms with Gasteiger partial charge in [0, 0.05) is 0 Å². The fraction of sp³-hybridized carbons (Fsp3) is 0.308. The first-order valence-corrected chi connectivity index (χ1v) is 5.98. The Hall–Kier alpha value is -2.57. The largest absolute Gasteiger partial charge is 0.495 e. The molecule has 0 saturated heterocycles. The second-order valence-corrected chi connectivity index (χ2v) is 3.71. The molecule has 1 rings (SSSR count). The molecular formula is C13H17N3O4. The maximum atomic E-state index is 11.4. The van der Waals surface area contributed by atoms with E-state index in [1.54, 1.807) is 32.0 Å². The molecule has 0 radical (unpaired) electrons. The summed E-state index contributed by atoms with van der Waals surface area (Å²) in [5, 5.41) is 6.42. The molecular weight excluding hydrogens is 262 g/mol. The van der Waals surface area contributed by atoms with E-state index >= 15 is 0 Å². The minimum atomic E-state index is -0.486. The number of nitrogens with zero attached hydrogens (tertiary/aromatic N) is 1. The average Bonchev–Trinajstić information content (AvgIpc) is 2.45. The van der Waals surface area contributed by atoms with Crippen molar-refractivity contribution in [3.63, 3.8) is 0 Å². The zero-order chi connectivity index (χ0) is 15.0. The molecule has 7 heteroatoms. The molecule has 0 spiro atoms. The van der Waals surface area contributed by atoms with E-state index in [9.17, 15) is 9.59 Å². The van der Waals surface area contributed by atoms with Crippen molar-refractivity contribution in [3.05, 3.63) is 18.2 Å². The summed E-state index contributed by atoms with van der Waals surface area (Å²) in [5.41, 5.74) is 4.00. The van der Waals surface area contributed by atoms with E-state index in [-0.39, 0.29) is 5.71 Å². The van der Waals surface area contributed by atoms with Crippen molar-refractivity contribution in [3.8, 4) is 5.75 Å². The van der Waals surface area contributed by atoms with Crippen LogP contribution >= 0.6 is 0 Å². The van der Waals surface area contributed by atoms with Crippen LogP contribution < -0.4 is 15.5 Å². The molecule has 0 atom stereocenters. The predicted molar refractivity (Wildman–Crippen MR) is 76.0 cm³/mol. The molecule has 1 aromatic rings. The molecule has 7 nitrogen and oxygen atoms in total. The molecule has 20 heavy (non-hydrogen) atoms. The summed E-state index contributed by atoms with van der Waals surface area (Å²) in [4.78, 5) is 21.9. The first-order valence-electron chi connectivity index (χ1n) is 5.98. The monoisotopic (exact) mass is 279 g/mol. The Bertz CT molecular complexity index is 514. The van der Waals surface area contributed by atoms with Crippen LogP contribution in [0.4, 0.5) is 11.4 Å². The number of hydrogen-bond donors (Lipinski definition) is 2. The first-order chi connectivity index (χ1) is 9.62. The number of benzene rings is 1. The van der Waals surface area contributed by atoms with Gasteiger partial charge in [0.05, 0.1) is 25.1 Å². The van der Waals surface area contributed by atoms with Gasteiger partial charge in [-0.15, -0.1) is 0 Å². The van der Waals surface area contributed by atoms with Crippen LogP contribution in [0.3, 0.4) is 0 Å². The van der Waals surface area contributed by atoms with Crippen LogP contribution in [0.1, 0.15) is 13.8 Å². The van der Waals surface area contributed by atoms with Crippen molar-refractivity contribution in [2.75, 3.05) is 24.5 Å². The second kappa shape index (κ2) is 7.78. The zero-order valence-electron chi connectivity index (χ0n) is 11.6. The van der Waals surface area contributed by atoms with Crippen LogP contribution in [0.5, 0.6) is 5.75 Å². The summed E-state index contributed by atoms with van der Waals surface area (Å²) in [6.45, 7) is 3.56. The first kappa shape index (κ1) is 15.5. The van der Waals surface area contributed by atoms with Gasteiger partial charge in [0.15, 0.2) is 0 Å². The Morgan fingerprint density at radius 1 is 1.45 bits per heavy atom. The molecule has 108 valence electrons. The topological polar surface area (TPSA) is 89.0 Å². The molecule has 0 saturated carbocycles. The summed E-state index contributed by atoms with van der Waals surface area (Å²) >= 11 is 0. The van der Waals surface area contributed by atoms with Gasteiger partial charge in [0.25, 0.3) is 0 Å². The van der Waals surface area contributed by atoms with E-state index in [1.165, 1.54) is 7.11 Å². The molecule has 2 N–H and O–H groups in total. The van der Waals surface area contributed by atoms with Crippen LogP contribution in [0.2, 0.25) is 0 Å². The van der Waals surface area contributed by atoms with E-state index in [2.05, 4.69) is 15.8 Å². The number of methoxy groups -OCH3 is 1. The number of amides is 1. The Balaban J connectivity index is 2.82. The number of hydrogen-bond acceptors (Lipinski definition) is 6. The third kappa shape index (κ3) is 4.27. The van der Waals surface area contributed by atoms with Gasteiger partial charge in [-0.1, -0.05) is 0 Å². The third-order valence-corrected chi connectivity index (χ3v) is 2.34. The van der Waals surface area contributed by atoms with Crippen molar-refractivity contribution in [2.24, 2.45) is 5.10 Å². The summed E-state index contributed by atoms with van der Waals surface area (Å²) in [5.74, 6) is 0.0356. The maximum Gasteiger partial charge on any atom is 0.354 e. The summed E-state index contributed by atoms with van der Waals surface area (Å²) in [7, 11) is 1.50. The van der Waals surface area contributed by atoms with Gasteiger partial charge in [0.2, 0.25) is 6.41 Å². The van der Waals surface area contributed by atoms with Gasteiger partial charge >= 0.3 is 5.97 Å². The Morgan fingerprint density at radius 3 is 2.80 bits per heavy atom. The molecule has 0 bridgehead atoms. The highest BCUT2D eigenvalue weighted by Crippen LogP contribution is 2.27. The van der Waals surface area contributed by atoms with Gasteiger partial charge in [-0.2, -0.15) is 5.10 Å². The number of carbonyl (C=O) groups excluding carboxylic acids is 2. The summed E-state index contributed by atoms with van der Waals surface area (Å²) in [6, 6.07) is 5.01. The van der Waals surface area contributed by atoms with E-state index in [0.29, 0.717) is 30.1 Å². The molecule has 0 aliphatic heterocycles. The minimum Gasteiger partial charge on any atom is -0.495 e. The molecule has 1 amide bonds. The van der Waals surface area contributed by atoms with Crippen LogP contribution in [0, 0.1) is 0 Å². The fourth-order valence-electron chi connectivity index (χ4n) is 1.38. The van der Waals surface area contributed by atoms with Crippen molar-refractivity contribution >= 4 is 29.5 Å². The lowest BCUT2D eigenvalue weighted by atomic mass is 10.2. The van der Waals surface area contributed by atoms with Gasteiger partial charge in [-0.3, -0.25) is 10.2 Å². The maximum absolute atomic E-state index is 11.4. The number of esters is 1. The highest BCUT2D eigenvalue weighted by molar-refractivity contribution is 6.35. The highest BCUT2D eigenvalue weighted by Gasteiger charge is 2.07. The SMILES string of the molecule is CCOC(=O)/C(C)=N/Nc1ccc(OC)c(NC=O)c1. The quantitative estimate of drug-likeness (QED) is 0.342. The van der Waals surface area contributed by atoms with E-state index in [4.69, 9.17) is 9.47 Å². The van der Waals surface area contributed by atoms with Crippen LogP contribution in [-0.4, -0.2) is 31.8 Å². The number of rotatable bonds is 7. The lowest BCUT2D eigenvalue weighted by Gasteiger charge is -2.09. The Morgan fingerprint density at radius 2 is 2.20 bits per heavy atom. The minimum absolute atomic E-state index is 0.201. The van der Waals surface area contributed by atoms with Gasteiger partial charge < -0.3 is 14.8 Å². The fourth-order valence-corrected chi connectivity index (χ4v) is 1.38. The van der Waals surface area contributed by atoms with E-state index in [1.807, 2.05) is 0 Å². The molecule has 0 unspecified atom stereocenters. The van der Waals surface area contributed by atoms with Gasteiger partial charge in [0.1, 0.15) is 11.5 Å². The number of nitrogens with one attached hydrogen (secondary N) is 2. The van der Waals surface area contributed by atoms with E-state index in [0.717, 1.165) is 0 Å². The van der Waals surface area contributed by atoms with Crippen LogP contribution in [0.25, 0.3) is 0 Å². The van der Waals surface area contributed by atoms with Crippen molar-refractivity contribution in [1.82, 2.24) is 0 Å². The molecule has 0 fully saturated rings. The Labute approximate surface area is 117 Å². The number of ether oxygens (including phenoxy) is 2. The second-order valence-electron chi connectivity index (χ2n) is 3.71. The number of hydrazone groups is 1. The molecule has 0 heterocycles. The molecule has 0 aliphatic carbocycles. The van der Waals surface area contributed by atoms with Gasteiger partial charge in [-0.25, -0.2) is 4.79 Å². The molecule has 1 aromatic carbocycles. The predicted octanol–water partition coefficient (Wildman–Crippen LogP) is 1.61. The lowest BCUT2D eigenvalue weighted by Crippen LogP contribution is -2.15. The van der Waals surface area contributed by atoms with Crippen molar-refractivity contribution in [1.29, 1.82) is 0 Å². The molecule has 0 aliphatic rings. The molecule has 0 aromatic heterocycles. The number of anilines is 2. The highest BCUT2D eigenvalue weighted by atomic mass is 16.5. The average molecular weight is 279 g/mol. The van der Waals surface area contributed by atoms with Crippen LogP contribution in [0.15, 0.2) is 23.3 Å². The smallest absolute Gasteiger partial charge is 0.354 e. The summed E-state index contributed by atoms with van der Waals surface area (Å²) < 4.78 is 9.89. The zero-order valence-corrected chi connectivity index (χ0v) is 11.6. The van der Waals surface area contributed by atoms with Gasteiger partial charge in [-0.05, 0) is 32.0 Å². The Kier molecular flexibility index (Phi) is 6.02. The van der Waals surface area contributed by atoms with Crippen molar-refractivity contribution in [2.45, 2.75) is 13.8 Å². The lowest BCUT2D eigenvalue weighted by molar-refractivity contribution is -0.135. The number of carbonyl (C=O) groups is 2. The third-order valence-electron chi connectivity index (χ3n) is 2.34. The van der Waals surface area contributed by atoms with E-state index < -0.39 is 5.97 Å². The summed E-state index contributed by atoms with van der Waals surface area (Å²) in [6.07, 6.45) is 0.550.